The van der Waals surface area contributed by atoms with Crippen LogP contribution in [0.15, 0.2) is 48.7 Å². The summed E-state index contributed by atoms with van der Waals surface area (Å²) in [5, 5.41) is 2.95. The average molecular weight is 600 g/mol. The van der Waals surface area contributed by atoms with Gasteiger partial charge in [-0.3, -0.25) is 14.6 Å². The maximum absolute atomic E-state index is 14.4. The fourth-order valence-electron chi connectivity index (χ4n) is 6.38. The number of aromatic nitrogens is 2. The SMILES string of the molecule is COc1cccc(N2CC3(C2)C(=O)N(CC2CCC(NC(=O)c4cc(Cl)cnc4C(F)F)CC2)c2cc(F)ccc23)n1. The first-order valence-corrected chi connectivity index (χ1v) is 14.2. The van der Waals surface area contributed by atoms with Gasteiger partial charge in [0.05, 0.1) is 23.4 Å². The third kappa shape index (κ3) is 5.04. The van der Waals surface area contributed by atoms with Crippen molar-refractivity contribution in [1.82, 2.24) is 15.3 Å². The summed E-state index contributed by atoms with van der Waals surface area (Å²) in [5.74, 6) is 0.245. The Morgan fingerprint density at radius 3 is 2.64 bits per heavy atom. The van der Waals surface area contributed by atoms with Crippen molar-refractivity contribution in [2.45, 2.75) is 43.6 Å². The molecule has 2 aliphatic heterocycles. The van der Waals surface area contributed by atoms with E-state index in [-0.39, 0.29) is 28.5 Å². The Bertz CT molecular complexity index is 1530. The summed E-state index contributed by atoms with van der Waals surface area (Å²) < 4.78 is 46.4. The summed E-state index contributed by atoms with van der Waals surface area (Å²) in [6.45, 7) is 1.29. The third-order valence-electron chi connectivity index (χ3n) is 8.54. The van der Waals surface area contributed by atoms with Gasteiger partial charge in [0.2, 0.25) is 11.8 Å². The Balaban J connectivity index is 1.12. The van der Waals surface area contributed by atoms with E-state index in [1.807, 2.05) is 17.0 Å². The maximum atomic E-state index is 14.4. The van der Waals surface area contributed by atoms with Crippen LogP contribution in [0.2, 0.25) is 5.02 Å². The second-order valence-corrected chi connectivity index (χ2v) is 11.6. The molecule has 1 aliphatic carbocycles. The highest BCUT2D eigenvalue weighted by atomic mass is 35.5. The van der Waals surface area contributed by atoms with Gasteiger partial charge >= 0.3 is 0 Å². The number of hydrogen-bond acceptors (Lipinski definition) is 6. The Kier molecular flexibility index (Phi) is 7.46. The van der Waals surface area contributed by atoms with Crippen LogP contribution in [0, 0.1) is 11.7 Å². The molecule has 8 nitrogen and oxygen atoms in total. The minimum atomic E-state index is -2.90. The second-order valence-electron chi connectivity index (χ2n) is 11.1. The number of hydrogen-bond donors (Lipinski definition) is 1. The molecule has 3 aliphatic rings. The molecule has 0 unspecified atom stereocenters. The van der Waals surface area contributed by atoms with Crippen molar-refractivity contribution in [2.24, 2.45) is 5.92 Å². The number of nitrogens with one attached hydrogen (secondary N) is 1. The lowest BCUT2D eigenvalue weighted by molar-refractivity contribution is -0.124. The quantitative estimate of drug-likeness (QED) is 0.396. The van der Waals surface area contributed by atoms with Crippen molar-refractivity contribution in [3.63, 3.8) is 0 Å². The molecule has 0 atom stereocenters. The summed E-state index contributed by atoms with van der Waals surface area (Å²) in [7, 11) is 1.55. The van der Waals surface area contributed by atoms with Crippen molar-refractivity contribution in [2.75, 3.05) is 36.5 Å². The van der Waals surface area contributed by atoms with E-state index in [2.05, 4.69) is 15.3 Å². The molecule has 1 N–H and O–H groups in total. The molecule has 42 heavy (non-hydrogen) atoms. The first-order chi connectivity index (χ1) is 20.2. The van der Waals surface area contributed by atoms with Gasteiger partial charge in [-0.2, -0.15) is 4.98 Å². The number of carbonyl (C=O) groups excluding carboxylic acids is 2. The normalized spacial score (nSPS) is 21.0. The van der Waals surface area contributed by atoms with E-state index in [9.17, 15) is 22.8 Å². The van der Waals surface area contributed by atoms with Gasteiger partial charge in [-0.15, -0.1) is 0 Å². The van der Waals surface area contributed by atoms with E-state index in [4.69, 9.17) is 16.3 Å². The van der Waals surface area contributed by atoms with Gasteiger partial charge in [0.15, 0.2) is 0 Å². The molecule has 0 radical (unpaired) electrons. The predicted molar refractivity (Wildman–Crippen MR) is 151 cm³/mol. The van der Waals surface area contributed by atoms with Crippen molar-refractivity contribution < 1.29 is 27.5 Å². The molecule has 6 rings (SSSR count). The number of amides is 2. The smallest absolute Gasteiger partial charge is 0.281 e. The molecule has 4 heterocycles. The van der Waals surface area contributed by atoms with Crippen molar-refractivity contribution in [3.05, 3.63) is 76.3 Å². The summed E-state index contributed by atoms with van der Waals surface area (Å²) in [4.78, 5) is 38.6. The Morgan fingerprint density at radius 1 is 1.17 bits per heavy atom. The van der Waals surface area contributed by atoms with Gasteiger partial charge in [0.1, 0.15) is 22.7 Å². The molecule has 220 valence electrons. The van der Waals surface area contributed by atoms with Crippen LogP contribution in [0.4, 0.5) is 24.7 Å². The first kappa shape index (κ1) is 28.3. The van der Waals surface area contributed by atoms with E-state index in [0.29, 0.717) is 62.7 Å². The second kappa shape index (κ2) is 11.1. The molecule has 12 heteroatoms. The van der Waals surface area contributed by atoms with Gasteiger partial charge in [0.25, 0.3) is 12.3 Å². The number of anilines is 2. The minimum Gasteiger partial charge on any atom is -0.481 e. The summed E-state index contributed by atoms with van der Waals surface area (Å²) in [6.07, 6.45) is 0.848. The third-order valence-corrected chi connectivity index (χ3v) is 8.75. The zero-order valence-corrected chi connectivity index (χ0v) is 23.6. The van der Waals surface area contributed by atoms with Crippen molar-refractivity contribution in [3.8, 4) is 5.88 Å². The number of pyridine rings is 2. The molecule has 2 aromatic heterocycles. The minimum absolute atomic E-state index is 0.0503. The van der Waals surface area contributed by atoms with Crippen LogP contribution in [0.25, 0.3) is 0 Å². The Hall–Kier alpha value is -3.86. The molecule has 1 saturated heterocycles. The molecule has 1 saturated carbocycles. The highest BCUT2D eigenvalue weighted by Gasteiger charge is 2.58. The fourth-order valence-corrected chi connectivity index (χ4v) is 6.54. The lowest BCUT2D eigenvalue weighted by Gasteiger charge is -2.47. The fraction of sp³-hybridized carbons (Fsp3) is 0.400. The van der Waals surface area contributed by atoms with Crippen LogP contribution in [-0.2, 0) is 10.2 Å². The molecular formula is C30H29ClF3N5O3. The number of benzene rings is 1. The number of nitrogens with zero attached hydrogens (tertiary/aromatic N) is 4. The molecule has 2 fully saturated rings. The van der Waals surface area contributed by atoms with E-state index in [0.717, 1.165) is 11.8 Å². The molecular weight excluding hydrogens is 571 g/mol. The van der Waals surface area contributed by atoms with Gasteiger partial charge < -0.3 is 19.9 Å². The topological polar surface area (TPSA) is 87.7 Å². The molecule has 3 aromatic rings. The number of methoxy groups -OCH3 is 1. The first-order valence-electron chi connectivity index (χ1n) is 13.8. The average Bonchev–Trinajstić information content (AvgIpc) is 3.19. The number of halogens is 4. The zero-order chi connectivity index (χ0) is 29.6. The van der Waals surface area contributed by atoms with Crippen LogP contribution < -0.4 is 19.9 Å². The van der Waals surface area contributed by atoms with Crippen LogP contribution in [0.1, 0.15) is 53.7 Å². The number of ether oxygens (including phenoxy) is 1. The van der Waals surface area contributed by atoms with E-state index < -0.39 is 29.3 Å². The molecule has 0 bridgehead atoms. The van der Waals surface area contributed by atoms with Gasteiger partial charge in [-0.25, -0.2) is 13.2 Å². The van der Waals surface area contributed by atoms with Crippen molar-refractivity contribution in [1.29, 1.82) is 0 Å². The van der Waals surface area contributed by atoms with Crippen molar-refractivity contribution >= 4 is 34.9 Å². The van der Waals surface area contributed by atoms with E-state index >= 15 is 0 Å². The standard InChI is InChI=1S/C30H29ClF3N5O3/c1-42-25-4-2-3-24(37-25)38-15-30(16-38)22-10-7-19(32)12-23(22)39(29(30)41)14-17-5-8-20(9-6-17)36-28(40)21-11-18(31)13-35-26(21)27(33)34/h2-4,7,10-13,17,20,27H,5-6,8-9,14-16H2,1H3,(H,36,40). The number of rotatable bonds is 7. The molecule has 1 aromatic carbocycles. The number of fused-ring (bicyclic) bond motifs is 2. The van der Waals surface area contributed by atoms with Gasteiger partial charge in [-0.05, 0) is 61.4 Å². The van der Waals surface area contributed by atoms with E-state index in [1.54, 1.807) is 24.1 Å². The summed E-state index contributed by atoms with van der Waals surface area (Å²) in [5.41, 5.74) is -0.188. The van der Waals surface area contributed by atoms with Crippen LogP contribution >= 0.6 is 11.6 Å². The van der Waals surface area contributed by atoms with Crippen LogP contribution in [0.5, 0.6) is 5.88 Å². The maximum Gasteiger partial charge on any atom is 0.281 e. The summed E-state index contributed by atoms with van der Waals surface area (Å²) >= 11 is 5.90. The molecule has 2 amide bonds. The lowest BCUT2D eigenvalue weighted by atomic mass is 9.74. The van der Waals surface area contributed by atoms with Crippen LogP contribution in [0.3, 0.4) is 0 Å². The summed E-state index contributed by atoms with van der Waals surface area (Å²) in [6, 6.07) is 11.0. The Labute approximate surface area is 245 Å². The van der Waals surface area contributed by atoms with Gasteiger partial charge in [-0.1, -0.05) is 23.7 Å². The van der Waals surface area contributed by atoms with E-state index in [1.165, 1.54) is 18.2 Å². The molecule has 1 spiro atoms. The highest BCUT2D eigenvalue weighted by molar-refractivity contribution is 6.30. The van der Waals surface area contributed by atoms with Crippen LogP contribution in [-0.4, -0.2) is 54.6 Å². The number of carbonyl (C=O) groups is 2. The Morgan fingerprint density at radius 2 is 1.93 bits per heavy atom. The number of alkyl halides is 2. The highest BCUT2D eigenvalue weighted by Crippen LogP contribution is 2.49. The lowest BCUT2D eigenvalue weighted by Crippen LogP contribution is -2.64. The predicted octanol–water partition coefficient (Wildman–Crippen LogP) is 5.31. The monoisotopic (exact) mass is 599 g/mol. The van der Waals surface area contributed by atoms with Gasteiger partial charge in [0, 0.05) is 37.9 Å². The largest absolute Gasteiger partial charge is 0.481 e. The zero-order valence-electron chi connectivity index (χ0n) is 22.8.